The molecule has 0 atom stereocenters. The number of allylic oxidation sites excluding steroid dienone is 1. The minimum atomic E-state index is -0.145. The summed E-state index contributed by atoms with van der Waals surface area (Å²) >= 11 is 0. The highest BCUT2D eigenvalue weighted by molar-refractivity contribution is 5.87. The number of hydrogen-bond donors (Lipinski definition) is 0. The molecule has 0 spiro atoms. The van der Waals surface area contributed by atoms with Gasteiger partial charge in [-0.25, -0.2) is 0 Å². The summed E-state index contributed by atoms with van der Waals surface area (Å²) in [5, 5.41) is 0.703. The zero-order valence-corrected chi connectivity index (χ0v) is 7.47. The molecule has 1 aromatic carbocycles. The third kappa shape index (κ3) is 0.865. The molecular weight excluding hydrogens is 176 g/mol. The molecule has 3 nitrogen and oxygen atoms in total. The molecule has 1 aliphatic heterocycles. The molecule has 0 saturated heterocycles. The van der Waals surface area contributed by atoms with Crippen LogP contribution in [-0.4, -0.2) is 9.55 Å². The topological polar surface area (TPSA) is 34.9 Å². The van der Waals surface area contributed by atoms with Crippen LogP contribution >= 0.6 is 0 Å². The van der Waals surface area contributed by atoms with Gasteiger partial charge in [0, 0.05) is 6.54 Å². The van der Waals surface area contributed by atoms with Crippen LogP contribution in [0.4, 0.5) is 0 Å². The molecule has 2 aromatic rings. The second-order valence-corrected chi connectivity index (χ2v) is 3.35. The first kappa shape index (κ1) is 7.50. The minimum absolute atomic E-state index is 0.145. The molecule has 0 bridgehead atoms. The Morgan fingerprint density at radius 2 is 2.29 bits per heavy atom. The van der Waals surface area contributed by atoms with E-state index in [0.717, 1.165) is 17.6 Å². The van der Waals surface area contributed by atoms with Crippen molar-refractivity contribution in [2.24, 2.45) is 0 Å². The lowest BCUT2D eigenvalue weighted by molar-refractivity contribution is 0.814. The highest BCUT2D eigenvalue weighted by atomic mass is 16.1. The van der Waals surface area contributed by atoms with Crippen molar-refractivity contribution in [3.8, 4) is 0 Å². The Labute approximate surface area is 80.3 Å². The van der Waals surface area contributed by atoms with Gasteiger partial charge in [0.15, 0.2) is 0 Å². The lowest BCUT2D eigenvalue weighted by Crippen LogP contribution is -2.14. The Hall–Kier alpha value is -1.90. The van der Waals surface area contributed by atoms with Gasteiger partial charge in [0.25, 0.3) is 5.56 Å². The monoisotopic (exact) mass is 184 g/mol. The number of nitrogens with zero attached hydrogens (tertiary/aromatic N) is 2. The Morgan fingerprint density at radius 1 is 1.36 bits per heavy atom. The van der Waals surface area contributed by atoms with Crippen LogP contribution < -0.4 is 5.56 Å². The summed E-state index contributed by atoms with van der Waals surface area (Å²) in [7, 11) is 0. The smallest absolute Gasteiger partial charge is 0.280 e. The van der Waals surface area contributed by atoms with E-state index in [4.69, 9.17) is 0 Å². The number of aromatic nitrogens is 2. The van der Waals surface area contributed by atoms with E-state index in [-0.39, 0.29) is 5.56 Å². The fourth-order valence-electron chi connectivity index (χ4n) is 1.87. The number of para-hydroxylation sites is 1. The van der Waals surface area contributed by atoms with E-state index in [1.807, 2.05) is 28.8 Å². The third-order valence-electron chi connectivity index (χ3n) is 2.50. The van der Waals surface area contributed by atoms with E-state index in [1.54, 1.807) is 6.33 Å². The van der Waals surface area contributed by atoms with Gasteiger partial charge in [-0.15, -0.1) is 0 Å². The lowest BCUT2D eigenvalue weighted by Gasteiger charge is -2.13. The second kappa shape index (κ2) is 2.54. The molecule has 0 amide bonds. The molecule has 0 aliphatic carbocycles. The van der Waals surface area contributed by atoms with Crippen molar-refractivity contribution in [1.82, 2.24) is 9.55 Å². The van der Waals surface area contributed by atoms with Crippen molar-refractivity contribution in [1.29, 1.82) is 0 Å². The van der Waals surface area contributed by atoms with Crippen molar-refractivity contribution in [2.45, 2.75) is 6.54 Å². The molecule has 14 heavy (non-hydrogen) atoms. The van der Waals surface area contributed by atoms with Crippen molar-refractivity contribution in [3.05, 3.63) is 46.5 Å². The van der Waals surface area contributed by atoms with E-state index in [0.29, 0.717) is 5.39 Å². The molecule has 2 heterocycles. The van der Waals surface area contributed by atoms with Gasteiger partial charge < -0.3 is 4.57 Å². The Bertz CT molecular complexity index is 596. The van der Waals surface area contributed by atoms with Crippen LogP contribution in [0.2, 0.25) is 0 Å². The van der Waals surface area contributed by atoms with Crippen LogP contribution in [0, 0.1) is 0 Å². The molecule has 0 fully saturated rings. The molecule has 3 rings (SSSR count). The third-order valence-corrected chi connectivity index (χ3v) is 2.50. The largest absolute Gasteiger partial charge is 0.327 e. The van der Waals surface area contributed by atoms with E-state index in [9.17, 15) is 4.79 Å². The van der Waals surface area contributed by atoms with Crippen LogP contribution in [0.3, 0.4) is 0 Å². The van der Waals surface area contributed by atoms with Gasteiger partial charge in [-0.3, -0.25) is 4.79 Å². The van der Waals surface area contributed by atoms with Gasteiger partial charge in [0.2, 0.25) is 0 Å². The van der Waals surface area contributed by atoms with E-state index in [1.165, 1.54) is 0 Å². The van der Waals surface area contributed by atoms with Crippen LogP contribution in [0.1, 0.15) is 5.56 Å². The average molecular weight is 184 g/mol. The van der Waals surface area contributed by atoms with Crippen molar-refractivity contribution in [3.63, 3.8) is 0 Å². The summed E-state index contributed by atoms with van der Waals surface area (Å²) in [6.45, 7) is 0.792. The molecular formula is C11H8N2O. The van der Waals surface area contributed by atoms with Crippen molar-refractivity contribution < 1.29 is 0 Å². The maximum Gasteiger partial charge on any atom is 0.280 e. The highest BCUT2D eigenvalue weighted by Gasteiger charge is 2.08. The van der Waals surface area contributed by atoms with E-state index < -0.39 is 0 Å². The standard InChI is InChI=1S/C11H8N2O/c14-11-9-5-1-3-8-4-2-6-13(7-12-11)10(8)9/h1-5,7H,6H2. The SMILES string of the molecule is O=c1ncn2c3c(cccc13)C=CC2. The van der Waals surface area contributed by atoms with Crippen LogP contribution in [0.25, 0.3) is 17.0 Å². The molecule has 3 heteroatoms. The maximum atomic E-state index is 11.5. The molecule has 0 saturated carbocycles. The lowest BCUT2D eigenvalue weighted by atomic mass is 10.1. The number of rotatable bonds is 0. The number of hydrogen-bond acceptors (Lipinski definition) is 2. The Balaban J connectivity index is 2.63. The average Bonchev–Trinajstić information content (AvgIpc) is 2.24. The summed E-state index contributed by atoms with van der Waals surface area (Å²) in [5.41, 5.74) is 1.94. The summed E-state index contributed by atoms with van der Waals surface area (Å²) in [5.74, 6) is 0. The molecule has 1 aromatic heterocycles. The second-order valence-electron chi connectivity index (χ2n) is 3.35. The van der Waals surface area contributed by atoms with E-state index in [2.05, 4.69) is 11.1 Å². The fraction of sp³-hybridized carbons (Fsp3) is 0.0909. The first-order valence-corrected chi connectivity index (χ1v) is 4.51. The predicted octanol–water partition coefficient (Wildman–Crippen LogP) is 1.42. The van der Waals surface area contributed by atoms with Gasteiger partial charge in [0.1, 0.15) is 0 Å². The summed E-state index contributed by atoms with van der Waals surface area (Å²) in [4.78, 5) is 15.3. The molecule has 0 unspecified atom stereocenters. The molecule has 68 valence electrons. The fourth-order valence-corrected chi connectivity index (χ4v) is 1.87. The zero-order chi connectivity index (χ0) is 9.54. The van der Waals surface area contributed by atoms with Gasteiger partial charge in [0.05, 0.1) is 17.2 Å². The van der Waals surface area contributed by atoms with Gasteiger partial charge in [-0.1, -0.05) is 24.3 Å². The van der Waals surface area contributed by atoms with Gasteiger partial charge in [-0.2, -0.15) is 4.98 Å². The van der Waals surface area contributed by atoms with Gasteiger partial charge in [-0.05, 0) is 11.6 Å². The zero-order valence-electron chi connectivity index (χ0n) is 7.47. The maximum absolute atomic E-state index is 11.5. The van der Waals surface area contributed by atoms with Crippen molar-refractivity contribution >= 4 is 17.0 Å². The van der Waals surface area contributed by atoms with E-state index >= 15 is 0 Å². The van der Waals surface area contributed by atoms with Crippen molar-refractivity contribution in [2.75, 3.05) is 0 Å². The Morgan fingerprint density at radius 3 is 3.21 bits per heavy atom. The van der Waals surface area contributed by atoms with Crippen LogP contribution in [0.5, 0.6) is 0 Å². The van der Waals surface area contributed by atoms with Crippen LogP contribution in [-0.2, 0) is 6.54 Å². The molecule has 0 radical (unpaired) electrons. The molecule has 1 aliphatic rings. The quantitative estimate of drug-likeness (QED) is 0.620. The minimum Gasteiger partial charge on any atom is -0.327 e. The first-order chi connectivity index (χ1) is 6.86. The summed E-state index contributed by atoms with van der Waals surface area (Å²) < 4.78 is 1.99. The number of benzene rings is 1. The predicted molar refractivity (Wildman–Crippen MR) is 55.0 cm³/mol. The highest BCUT2D eigenvalue weighted by Crippen LogP contribution is 2.20. The summed E-state index contributed by atoms with van der Waals surface area (Å²) in [6.07, 6.45) is 5.72. The van der Waals surface area contributed by atoms with Crippen LogP contribution in [0.15, 0.2) is 35.4 Å². The normalized spacial score (nSPS) is 13.4. The summed E-state index contributed by atoms with van der Waals surface area (Å²) in [6, 6.07) is 5.72. The molecule has 0 N–H and O–H groups in total. The van der Waals surface area contributed by atoms with Gasteiger partial charge >= 0.3 is 0 Å². The first-order valence-electron chi connectivity index (χ1n) is 4.51. The Kier molecular flexibility index (Phi) is 1.36.